The van der Waals surface area contributed by atoms with E-state index in [1.54, 1.807) is 18.2 Å². The van der Waals surface area contributed by atoms with Gasteiger partial charge in [-0.05, 0) is 80.0 Å². The quantitative estimate of drug-likeness (QED) is 0.605. The summed E-state index contributed by atoms with van der Waals surface area (Å²) in [4.78, 5) is 25.6. The van der Waals surface area contributed by atoms with Crippen molar-refractivity contribution in [2.24, 2.45) is 17.8 Å². The number of esters is 1. The molecule has 0 aromatic heterocycles. The van der Waals surface area contributed by atoms with Crippen molar-refractivity contribution in [1.29, 1.82) is 0 Å². The molecule has 5 aliphatic rings. The molecule has 4 fully saturated rings. The van der Waals surface area contributed by atoms with Crippen molar-refractivity contribution in [2.45, 2.75) is 56.1 Å². The predicted molar refractivity (Wildman–Crippen MR) is 94.1 cm³/mol. The van der Waals surface area contributed by atoms with Gasteiger partial charge in [0, 0.05) is 16.5 Å². The fourth-order valence-electron chi connectivity index (χ4n) is 6.11. The summed E-state index contributed by atoms with van der Waals surface area (Å²) in [7, 11) is 0. The molecule has 1 aromatic rings. The summed E-state index contributed by atoms with van der Waals surface area (Å²) >= 11 is 3.38. The van der Waals surface area contributed by atoms with E-state index in [9.17, 15) is 14.7 Å². The minimum absolute atomic E-state index is 0.00576. The van der Waals surface area contributed by atoms with Gasteiger partial charge in [-0.3, -0.25) is 4.79 Å². The van der Waals surface area contributed by atoms with Crippen LogP contribution in [0.25, 0.3) is 0 Å². The number of fused-ring (bicyclic) bond motifs is 1. The fraction of sp³-hybridized carbons (Fsp3) is 0.600. The molecule has 1 unspecified atom stereocenters. The van der Waals surface area contributed by atoms with Gasteiger partial charge < -0.3 is 9.84 Å². The third kappa shape index (κ3) is 2.35. The Labute approximate surface area is 155 Å². The van der Waals surface area contributed by atoms with E-state index in [-0.39, 0.29) is 6.42 Å². The summed E-state index contributed by atoms with van der Waals surface area (Å²) < 4.78 is 6.78. The summed E-state index contributed by atoms with van der Waals surface area (Å²) in [6.07, 6.45) is 6.44. The van der Waals surface area contributed by atoms with E-state index < -0.39 is 23.0 Å². The molecule has 5 aliphatic carbocycles. The highest BCUT2D eigenvalue weighted by atomic mass is 79.9. The molecule has 0 spiro atoms. The van der Waals surface area contributed by atoms with Crippen molar-refractivity contribution in [3.8, 4) is 0 Å². The lowest BCUT2D eigenvalue weighted by molar-refractivity contribution is -0.199. The van der Waals surface area contributed by atoms with Crippen LogP contribution in [0.3, 0.4) is 0 Å². The van der Waals surface area contributed by atoms with Crippen LogP contribution in [-0.2, 0) is 16.0 Å². The van der Waals surface area contributed by atoms with E-state index in [0.717, 1.165) is 23.7 Å². The zero-order valence-electron chi connectivity index (χ0n) is 14.0. The molecule has 1 atom stereocenters. The lowest BCUT2D eigenvalue weighted by Crippen LogP contribution is -2.56. The first-order chi connectivity index (χ1) is 11.9. The molecule has 0 saturated heterocycles. The van der Waals surface area contributed by atoms with E-state index in [0.29, 0.717) is 28.9 Å². The average molecular weight is 405 g/mol. The maximum atomic E-state index is 12.9. The van der Waals surface area contributed by atoms with Crippen molar-refractivity contribution in [3.63, 3.8) is 0 Å². The number of benzene rings is 1. The Kier molecular flexibility index (Phi) is 3.31. The molecule has 4 bridgehead atoms. The number of ether oxygens (including phenoxy) is 1. The van der Waals surface area contributed by atoms with E-state index >= 15 is 0 Å². The maximum absolute atomic E-state index is 12.9. The first-order valence-electron chi connectivity index (χ1n) is 9.16. The maximum Gasteiger partial charge on any atom is 0.347 e. The first kappa shape index (κ1) is 16.0. The van der Waals surface area contributed by atoms with E-state index in [1.807, 2.05) is 0 Å². The van der Waals surface area contributed by atoms with Crippen LogP contribution in [0.2, 0.25) is 0 Å². The van der Waals surface area contributed by atoms with Crippen LogP contribution < -0.4 is 0 Å². The largest absolute Gasteiger partial charge is 0.457 e. The summed E-state index contributed by atoms with van der Waals surface area (Å²) in [6, 6.07) is 5.22. The summed E-state index contributed by atoms with van der Waals surface area (Å²) in [6.45, 7) is 0. The minimum atomic E-state index is -2.06. The van der Waals surface area contributed by atoms with Gasteiger partial charge in [0.05, 0.1) is 0 Å². The SMILES string of the molecule is O=C(OC12CC3CC(CC(C3)C1)C2)C1(O)Cc2cc(Br)ccc2C1=O. The second-order valence-corrected chi connectivity index (χ2v) is 9.57. The van der Waals surface area contributed by atoms with E-state index in [1.165, 1.54) is 19.3 Å². The molecule has 132 valence electrons. The van der Waals surface area contributed by atoms with Crippen molar-refractivity contribution in [1.82, 2.24) is 0 Å². The molecule has 25 heavy (non-hydrogen) atoms. The van der Waals surface area contributed by atoms with Crippen molar-refractivity contribution in [3.05, 3.63) is 33.8 Å². The average Bonchev–Trinajstić information content (AvgIpc) is 2.77. The topological polar surface area (TPSA) is 63.6 Å². The monoisotopic (exact) mass is 404 g/mol. The number of hydrogen-bond donors (Lipinski definition) is 1. The van der Waals surface area contributed by atoms with Crippen LogP contribution in [0.1, 0.15) is 54.4 Å². The van der Waals surface area contributed by atoms with Gasteiger partial charge in [-0.25, -0.2) is 4.79 Å². The lowest BCUT2D eigenvalue weighted by Gasteiger charge is -2.56. The molecule has 6 rings (SSSR count). The van der Waals surface area contributed by atoms with Gasteiger partial charge in [-0.15, -0.1) is 0 Å². The second kappa shape index (κ2) is 5.17. The molecule has 5 heteroatoms. The zero-order valence-corrected chi connectivity index (χ0v) is 15.5. The Bertz CT molecular complexity index is 751. The Morgan fingerprint density at radius 3 is 2.32 bits per heavy atom. The lowest BCUT2D eigenvalue weighted by atomic mass is 9.54. The number of halogens is 1. The van der Waals surface area contributed by atoms with Crippen LogP contribution in [0, 0.1) is 17.8 Å². The first-order valence-corrected chi connectivity index (χ1v) is 9.95. The molecule has 4 saturated carbocycles. The molecule has 1 aromatic carbocycles. The van der Waals surface area contributed by atoms with Gasteiger partial charge in [0.25, 0.3) is 0 Å². The predicted octanol–water partition coefficient (Wildman–Crippen LogP) is 3.43. The third-order valence-electron chi connectivity index (χ3n) is 6.76. The number of aliphatic hydroxyl groups is 1. The highest BCUT2D eigenvalue weighted by molar-refractivity contribution is 9.10. The van der Waals surface area contributed by atoms with Gasteiger partial charge in [0.15, 0.2) is 0 Å². The van der Waals surface area contributed by atoms with Crippen molar-refractivity contribution >= 4 is 27.7 Å². The number of rotatable bonds is 2. The normalized spacial score (nSPS) is 41.0. The van der Waals surface area contributed by atoms with Crippen molar-refractivity contribution < 1.29 is 19.4 Å². The number of hydrogen-bond acceptors (Lipinski definition) is 4. The van der Waals surface area contributed by atoms with Crippen LogP contribution >= 0.6 is 15.9 Å². The van der Waals surface area contributed by atoms with E-state index in [2.05, 4.69) is 15.9 Å². The number of carbonyl (C=O) groups is 2. The smallest absolute Gasteiger partial charge is 0.347 e. The molecular formula is C20H21BrO4. The Balaban J connectivity index is 1.41. The Morgan fingerprint density at radius 2 is 1.72 bits per heavy atom. The van der Waals surface area contributed by atoms with Gasteiger partial charge >= 0.3 is 5.97 Å². The van der Waals surface area contributed by atoms with Gasteiger partial charge in [-0.2, -0.15) is 0 Å². The Morgan fingerprint density at radius 1 is 1.12 bits per heavy atom. The molecule has 0 heterocycles. The standard InChI is InChI=1S/C20H21BrO4/c21-15-1-2-16-14(6-15)10-20(24,17(16)22)18(23)25-19-7-11-3-12(8-19)5-13(4-11)9-19/h1-2,6,11-13,24H,3-5,7-10H2. The number of Topliss-reactive ketones (excluding diaryl/α,β-unsaturated/α-hetero) is 1. The van der Waals surface area contributed by atoms with Crippen LogP contribution in [0.5, 0.6) is 0 Å². The number of carbonyl (C=O) groups excluding carboxylic acids is 2. The molecule has 4 nitrogen and oxygen atoms in total. The molecule has 0 aliphatic heterocycles. The van der Waals surface area contributed by atoms with Gasteiger partial charge in [0.2, 0.25) is 11.4 Å². The molecular weight excluding hydrogens is 384 g/mol. The van der Waals surface area contributed by atoms with Crippen LogP contribution in [0.4, 0.5) is 0 Å². The highest BCUT2D eigenvalue weighted by Crippen LogP contribution is 2.57. The molecule has 0 radical (unpaired) electrons. The van der Waals surface area contributed by atoms with Crippen molar-refractivity contribution in [2.75, 3.05) is 0 Å². The van der Waals surface area contributed by atoms with E-state index in [4.69, 9.17) is 4.74 Å². The molecule has 1 N–H and O–H groups in total. The summed E-state index contributed by atoms with van der Waals surface area (Å²) in [5.74, 6) is 0.653. The fourth-order valence-corrected chi connectivity index (χ4v) is 6.52. The summed E-state index contributed by atoms with van der Waals surface area (Å²) in [5.41, 5.74) is -1.39. The summed E-state index contributed by atoms with van der Waals surface area (Å²) in [5, 5.41) is 10.9. The highest BCUT2D eigenvalue weighted by Gasteiger charge is 2.57. The van der Waals surface area contributed by atoms with Gasteiger partial charge in [-0.1, -0.05) is 15.9 Å². The Hall–Kier alpha value is -1.20. The number of ketones is 1. The molecule has 0 amide bonds. The van der Waals surface area contributed by atoms with Gasteiger partial charge in [0.1, 0.15) is 5.60 Å². The third-order valence-corrected chi connectivity index (χ3v) is 7.26. The minimum Gasteiger partial charge on any atom is -0.457 e. The zero-order chi connectivity index (χ0) is 17.4. The second-order valence-electron chi connectivity index (χ2n) is 8.66. The van der Waals surface area contributed by atoms with Crippen LogP contribution in [0.15, 0.2) is 22.7 Å². The van der Waals surface area contributed by atoms with Crippen LogP contribution in [-0.4, -0.2) is 28.1 Å².